The van der Waals surface area contributed by atoms with E-state index in [9.17, 15) is 9.59 Å². The van der Waals surface area contributed by atoms with Crippen molar-refractivity contribution in [1.82, 2.24) is 5.32 Å². The van der Waals surface area contributed by atoms with Crippen LogP contribution in [0.4, 0.5) is 5.69 Å². The first-order valence-electron chi connectivity index (χ1n) is 5.63. The van der Waals surface area contributed by atoms with Crippen molar-refractivity contribution in [3.8, 4) is 5.75 Å². The summed E-state index contributed by atoms with van der Waals surface area (Å²) in [5.41, 5.74) is 11.3. The molecule has 0 aliphatic carbocycles. The SMILES string of the molecule is COc1c(N)cccc1C(=O)NCCOCC(N)=O. The van der Waals surface area contributed by atoms with Crippen LogP contribution in [-0.4, -0.2) is 38.7 Å². The van der Waals surface area contributed by atoms with E-state index in [1.165, 1.54) is 7.11 Å². The Morgan fingerprint density at radius 3 is 2.74 bits per heavy atom. The van der Waals surface area contributed by atoms with E-state index < -0.39 is 5.91 Å². The van der Waals surface area contributed by atoms with E-state index in [1.54, 1.807) is 18.2 Å². The lowest BCUT2D eigenvalue weighted by atomic mass is 10.1. The van der Waals surface area contributed by atoms with Crippen molar-refractivity contribution in [3.63, 3.8) is 0 Å². The van der Waals surface area contributed by atoms with Gasteiger partial charge in [-0.25, -0.2) is 0 Å². The highest BCUT2D eigenvalue weighted by molar-refractivity contribution is 5.98. The first-order chi connectivity index (χ1) is 9.06. The largest absolute Gasteiger partial charge is 0.494 e. The zero-order valence-electron chi connectivity index (χ0n) is 10.6. The molecule has 0 atom stereocenters. The van der Waals surface area contributed by atoms with Gasteiger partial charge >= 0.3 is 0 Å². The predicted molar refractivity (Wildman–Crippen MR) is 69.8 cm³/mol. The van der Waals surface area contributed by atoms with Crippen LogP contribution in [0.2, 0.25) is 0 Å². The van der Waals surface area contributed by atoms with Gasteiger partial charge in [0.05, 0.1) is 25.0 Å². The number of nitrogen functional groups attached to an aromatic ring is 1. The van der Waals surface area contributed by atoms with Gasteiger partial charge in [-0.2, -0.15) is 0 Å². The summed E-state index contributed by atoms with van der Waals surface area (Å²) in [6.07, 6.45) is 0. The minimum absolute atomic E-state index is 0.169. The van der Waals surface area contributed by atoms with E-state index in [4.69, 9.17) is 20.9 Å². The zero-order chi connectivity index (χ0) is 14.3. The summed E-state index contributed by atoms with van der Waals surface area (Å²) in [5, 5.41) is 2.62. The number of primary amides is 1. The molecule has 19 heavy (non-hydrogen) atoms. The molecule has 2 amide bonds. The fourth-order valence-electron chi connectivity index (χ4n) is 1.47. The Hall–Kier alpha value is -2.28. The van der Waals surface area contributed by atoms with Crippen LogP contribution in [0, 0.1) is 0 Å². The third-order valence-electron chi connectivity index (χ3n) is 2.27. The molecule has 7 nitrogen and oxygen atoms in total. The fourth-order valence-corrected chi connectivity index (χ4v) is 1.47. The molecule has 0 spiro atoms. The number of hydrogen-bond acceptors (Lipinski definition) is 5. The Kier molecular flexibility index (Phi) is 5.62. The van der Waals surface area contributed by atoms with Crippen molar-refractivity contribution in [1.29, 1.82) is 0 Å². The van der Waals surface area contributed by atoms with Crippen LogP contribution in [0.15, 0.2) is 18.2 Å². The minimum atomic E-state index is -0.552. The van der Waals surface area contributed by atoms with Crippen LogP contribution in [-0.2, 0) is 9.53 Å². The summed E-state index contributed by atoms with van der Waals surface area (Å²) in [4.78, 5) is 22.3. The number of amides is 2. The third-order valence-corrected chi connectivity index (χ3v) is 2.27. The molecule has 0 aliphatic heterocycles. The number of para-hydroxylation sites is 1. The summed E-state index contributed by atoms with van der Waals surface area (Å²) >= 11 is 0. The third kappa shape index (κ3) is 4.47. The van der Waals surface area contributed by atoms with Crippen molar-refractivity contribution < 1.29 is 19.1 Å². The van der Waals surface area contributed by atoms with Gasteiger partial charge in [-0.3, -0.25) is 9.59 Å². The minimum Gasteiger partial charge on any atom is -0.494 e. The van der Waals surface area contributed by atoms with Gasteiger partial charge in [0.1, 0.15) is 6.61 Å². The number of carbonyl (C=O) groups is 2. The second-order valence-corrected chi connectivity index (χ2v) is 3.70. The number of ether oxygens (including phenoxy) is 2. The maximum atomic E-state index is 11.9. The summed E-state index contributed by atoms with van der Waals surface area (Å²) in [7, 11) is 1.44. The van der Waals surface area contributed by atoms with Crippen molar-refractivity contribution in [2.75, 3.05) is 32.6 Å². The van der Waals surface area contributed by atoms with Gasteiger partial charge in [-0.1, -0.05) is 6.07 Å². The lowest BCUT2D eigenvalue weighted by Gasteiger charge is -2.11. The van der Waals surface area contributed by atoms with E-state index in [0.717, 1.165) is 0 Å². The molecule has 0 saturated heterocycles. The molecule has 7 heteroatoms. The molecular weight excluding hydrogens is 250 g/mol. The average molecular weight is 267 g/mol. The fraction of sp³-hybridized carbons (Fsp3) is 0.333. The average Bonchev–Trinajstić information content (AvgIpc) is 2.37. The van der Waals surface area contributed by atoms with E-state index in [0.29, 0.717) is 17.0 Å². The maximum absolute atomic E-state index is 11.9. The molecule has 0 unspecified atom stereocenters. The quantitative estimate of drug-likeness (QED) is 0.455. The maximum Gasteiger partial charge on any atom is 0.255 e. The van der Waals surface area contributed by atoms with Crippen LogP contribution >= 0.6 is 0 Å². The van der Waals surface area contributed by atoms with Crippen LogP contribution in [0.3, 0.4) is 0 Å². The molecule has 5 N–H and O–H groups in total. The molecule has 0 bridgehead atoms. The number of nitrogens with one attached hydrogen (secondary N) is 1. The Bertz CT molecular complexity index is 462. The number of hydrogen-bond donors (Lipinski definition) is 3. The van der Waals surface area contributed by atoms with E-state index in [-0.39, 0.29) is 25.7 Å². The molecule has 0 saturated carbocycles. The highest BCUT2D eigenvalue weighted by Gasteiger charge is 2.13. The molecule has 1 aromatic carbocycles. The lowest BCUT2D eigenvalue weighted by Crippen LogP contribution is -2.29. The number of methoxy groups -OCH3 is 1. The van der Waals surface area contributed by atoms with E-state index in [2.05, 4.69) is 5.32 Å². The van der Waals surface area contributed by atoms with Gasteiger partial charge in [0, 0.05) is 6.54 Å². The predicted octanol–water partition coefficient (Wildman–Crippen LogP) is -0.491. The van der Waals surface area contributed by atoms with Crippen molar-refractivity contribution >= 4 is 17.5 Å². The molecule has 0 aliphatic rings. The van der Waals surface area contributed by atoms with Crippen molar-refractivity contribution in [3.05, 3.63) is 23.8 Å². The Morgan fingerprint density at radius 1 is 1.37 bits per heavy atom. The van der Waals surface area contributed by atoms with Crippen LogP contribution < -0.4 is 21.5 Å². The summed E-state index contributed by atoms with van der Waals surface area (Å²) in [6.45, 7) is 0.279. The van der Waals surface area contributed by atoms with Crippen LogP contribution in [0.25, 0.3) is 0 Å². The van der Waals surface area contributed by atoms with E-state index in [1.807, 2.05) is 0 Å². The van der Waals surface area contributed by atoms with Gasteiger partial charge in [0.2, 0.25) is 5.91 Å². The van der Waals surface area contributed by atoms with E-state index >= 15 is 0 Å². The first-order valence-corrected chi connectivity index (χ1v) is 5.63. The van der Waals surface area contributed by atoms with Gasteiger partial charge in [0.25, 0.3) is 5.91 Å². The van der Waals surface area contributed by atoms with Gasteiger partial charge < -0.3 is 26.3 Å². The molecule has 0 aromatic heterocycles. The lowest BCUT2D eigenvalue weighted by molar-refractivity contribution is -0.122. The van der Waals surface area contributed by atoms with Crippen molar-refractivity contribution in [2.24, 2.45) is 5.73 Å². The highest BCUT2D eigenvalue weighted by Crippen LogP contribution is 2.25. The van der Waals surface area contributed by atoms with Crippen molar-refractivity contribution in [2.45, 2.75) is 0 Å². The topological polar surface area (TPSA) is 117 Å². The van der Waals surface area contributed by atoms with Gasteiger partial charge in [-0.05, 0) is 12.1 Å². The van der Waals surface area contributed by atoms with Gasteiger partial charge in [0.15, 0.2) is 5.75 Å². The summed E-state index contributed by atoms with van der Waals surface area (Å²) in [5.74, 6) is -0.547. The first kappa shape index (κ1) is 14.8. The Morgan fingerprint density at radius 2 is 2.11 bits per heavy atom. The smallest absolute Gasteiger partial charge is 0.255 e. The standard InChI is InChI=1S/C12H17N3O4/c1-18-11-8(3-2-4-9(11)13)12(17)15-5-6-19-7-10(14)16/h2-4H,5-7,13H2,1H3,(H2,14,16)(H,15,17). The molecule has 0 heterocycles. The highest BCUT2D eigenvalue weighted by atomic mass is 16.5. The monoisotopic (exact) mass is 267 g/mol. The molecular formula is C12H17N3O4. The Balaban J connectivity index is 2.50. The number of rotatable bonds is 7. The molecule has 0 radical (unpaired) electrons. The molecule has 104 valence electrons. The number of benzene rings is 1. The van der Waals surface area contributed by atoms with Gasteiger partial charge in [-0.15, -0.1) is 0 Å². The second kappa shape index (κ2) is 7.22. The molecule has 1 aromatic rings. The number of carbonyl (C=O) groups excluding carboxylic acids is 2. The Labute approximate surface area is 110 Å². The normalized spacial score (nSPS) is 9.95. The summed E-state index contributed by atoms with van der Waals surface area (Å²) in [6, 6.07) is 4.91. The van der Waals surface area contributed by atoms with Crippen LogP contribution in [0.5, 0.6) is 5.75 Å². The second-order valence-electron chi connectivity index (χ2n) is 3.70. The molecule has 0 fully saturated rings. The summed E-state index contributed by atoms with van der Waals surface area (Å²) < 4.78 is 9.99. The number of anilines is 1. The van der Waals surface area contributed by atoms with Crippen LogP contribution in [0.1, 0.15) is 10.4 Å². The number of nitrogens with two attached hydrogens (primary N) is 2. The zero-order valence-corrected chi connectivity index (χ0v) is 10.6. The molecule has 1 rings (SSSR count).